The fourth-order valence-corrected chi connectivity index (χ4v) is 9.19. The number of esters is 3. The number of aliphatic hydroxyl groups is 5. The molecule has 0 saturated carbocycles. The Morgan fingerprint density at radius 2 is 1.61 bits per heavy atom. The highest BCUT2D eigenvalue weighted by molar-refractivity contribution is 6.38. The van der Waals surface area contributed by atoms with Crippen molar-refractivity contribution in [2.75, 3.05) is 6.61 Å². The smallest absolute Gasteiger partial charge is 0.342 e. The molecule has 0 amide bonds. The molecule has 2 saturated heterocycles. The third-order valence-corrected chi connectivity index (χ3v) is 13.9. The van der Waals surface area contributed by atoms with Crippen molar-refractivity contribution < 1.29 is 78.2 Å². The average Bonchev–Trinajstić information content (AvgIpc) is 3.28. The van der Waals surface area contributed by atoms with Gasteiger partial charge in [0, 0.05) is 30.2 Å². The van der Waals surface area contributed by atoms with Gasteiger partial charge in [0.1, 0.15) is 41.3 Å². The van der Waals surface area contributed by atoms with Crippen molar-refractivity contribution in [3.63, 3.8) is 0 Å². The van der Waals surface area contributed by atoms with E-state index in [9.17, 15) is 45.0 Å². The number of hydrogen-bond donors (Lipinski definition) is 6. The Hall–Kier alpha value is -3.65. The number of hydrogen-bond acceptors (Lipinski definition) is 16. The first-order chi connectivity index (χ1) is 32.2. The summed E-state index contributed by atoms with van der Waals surface area (Å²) in [5, 5.41) is 66.8. The number of aromatic hydroxyl groups is 1. The maximum absolute atomic E-state index is 13.9. The van der Waals surface area contributed by atoms with Crippen molar-refractivity contribution in [1.29, 1.82) is 0 Å². The molecule has 3 aliphatic heterocycles. The van der Waals surface area contributed by atoms with E-state index in [0.717, 1.165) is 5.57 Å². The molecule has 0 radical (unpaired) electrons. The van der Waals surface area contributed by atoms with E-state index in [1.54, 1.807) is 66.7 Å². The predicted molar refractivity (Wildman–Crippen MR) is 257 cm³/mol. The van der Waals surface area contributed by atoms with Gasteiger partial charge in [0.05, 0.1) is 41.6 Å². The molecule has 0 aliphatic carbocycles. The Bertz CT molecular complexity index is 2140. The number of cyclic esters (lactones) is 1. The van der Waals surface area contributed by atoms with Crippen LogP contribution in [0, 0.1) is 18.8 Å². The number of benzene rings is 1. The monoisotopic (exact) mass is 1010 g/mol. The van der Waals surface area contributed by atoms with Crippen LogP contribution in [-0.2, 0) is 49.2 Å². The van der Waals surface area contributed by atoms with Crippen LogP contribution >= 0.6 is 23.2 Å². The van der Waals surface area contributed by atoms with E-state index in [0.29, 0.717) is 28.7 Å². The van der Waals surface area contributed by atoms with Crippen molar-refractivity contribution in [2.45, 2.75) is 188 Å². The van der Waals surface area contributed by atoms with Gasteiger partial charge in [-0.1, -0.05) is 79.9 Å². The zero-order valence-electron chi connectivity index (χ0n) is 41.6. The average molecular weight is 1010 g/mol. The molecule has 18 heteroatoms. The summed E-state index contributed by atoms with van der Waals surface area (Å²) in [6, 6.07) is 0. The van der Waals surface area contributed by atoms with Crippen LogP contribution in [-0.4, -0.2) is 134 Å². The van der Waals surface area contributed by atoms with Crippen molar-refractivity contribution >= 4 is 41.1 Å². The van der Waals surface area contributed by atoms with Gasteiger partial charge < -0.3 is 63.8 Å². The summed E-state index contributed by atoms with van der Waals surface area (Å²) in [4.78, 5) is 39.3. The van der Waals surface area contributed by atoms with Crippen molar-refractivity contribution in [2.24, 2.45) is 11.8 Å². The molecular formula is C51H72Cl2O16. The van der Waals surface area contributed by atoms with E-state index < -0.39 is 109 Å². The molecule has 14 atom stereocenters. The van der Waals surface area contributed by atoms with Crippen LogP contribution in [0.5, 0.6) is 5.75 Å². The Morgan fingerprint density at radius 3 is 2.22 bits per heavy atom. The number of phenols is 1. The number of carbonyl (C=O) groups is 3. The summed E-state index contributed by atoms with van der Waals surface area (Å²) >= 11 is 12.8. The lowest BCUT2D eigenvalue weighted by Crippen LogP contribution is -2.64. The molecule has 16 nitrogen and oxygen atoms in total. The van der Waals surface area contributed by atoms with E-state index in [2.05, 4.69) is 0 Å². The second kappa shape index (κ2) is 25.1. The first-order valence-electron chi connectivity index (χ1n) is 23.4. The Labute approximate surface area is 415 Å². The molecule has 14 unspecified atom stereocenters. The molecule has 386 valence electrons. The summed E-state index contributed by atoms with van der Waals surface area (Å²) in [6.45, 7) is 19.5. The molecule has 1 aromatic carbocycles. The molecule has 6 N–H and O–H groups in total. The molecule has 3 aliphatic rings. The van der Waals surface area contributed by atoms with Crippen LogP contribution in [0.2, 0.25) is 10.0 Å². The number of ether oxygens (including phenoxy) is 7. The van der Waals surface area contributed by atoms with Crippen LogP contribution in [0.3, 0.4) is 0 Å². The molecule has 1 aromatic rings. The van der Waals surface area contributed by atoms with Gasteiger partial charge in [0.15, 0.2) is 24.8 Å². The zero-order chi connectivity index (χ0) is 51.8. The first-order valence-corrected chi connectivity index (χ1v) is 24.2. The molecule has 4 rings (SSSR count). The second-order valence-electron chi connectivity index (χ2n) is 18.8. The van der Waals surface area contributed by atoms with Gasteiger partial charge in [-0.2, -0.15) is 0 Å². The number of aliphatic hydroxyl groups excluding tert-OH is 5. The lowest BCUT2D eigenvalue weighted by molar-refractivity contribution is -0.333. The first kappa shape index (κ1) is 57.9. The van der Waals surface area contributed by atoms with Gasteiger partial charge in [-0.25, -0.2) is 9.59 Å². The van der Waals surface area contributed by atoms with Gasteiger partial charge in [0.25, 0.3) is 0 Å². The highest BCUT2D eigenvalue weighted by Crippen LogP contribution is 2.41. The molecule has 2 fully saturated rings. The number of halogens is 2. The van der Waals surface area contributed by atoms with Crippen LogP contribution in [0.25, 0.3) is 0 Å². The van der Waals surface area contributed by atoms with E-state index in [4.69, 9.17) is 56.4 Å². The van der Waals surface area contributed by atoms with Crippen LogP contribution < -0.4 is 0 Å². The van der Waals surface area contributed by atoms with Gasteiger partial charge in [-0.05, 0) is 103 Å². The van der Waals surface area contributed by atoms with Crippen LogP contribution in [0.1, 0.15) is 117 Å². The predicted octanol–water partition coefficient (Wildman–Crippen LogP) is 6.82. The van der Waals surface area contributed by atoms with Crippen LogP contribution in [0.15, 0.2) is 58.7 Å². The topological polar surface area (TPSA) is 237 Å². The molecular weight excluding hydrogens is 939 g/mol. The minimum Gasteiger partial charge on any atom is -0.505 e. The van der Waals surface area contributed by atoms with Gasteiger partial charge in [-0.3, -0.25) is 4.79 Å². The summed E-state index contributed by atoms with van der Waals surface area (Å²) in [5.41, 5.74) is 1.35. The maximum atomic E-state index is 13.9. The van der Waals surface area contributed by atoms with E-state index in [1.165, 1.54) is 19.9 Å². The van der Waals surface area contributed by atoms with Gasteiger partial charge in [-0.15, -0.1) is 0 Å². The minimum absolute atomic E-state index is 0.0315. The maximum Gasteiger partial charge on any atom is 0.342 e. The molecule has 0 bridgehead atoms. The third kappa shape index (κ3) is 14.3. The second-order valence-corrected chi connectivity index (χ2v) is 19.6. The molecule has 0 aromatic heterocycles. The standard InChI is InChI=1S/C51H72Cl2O16/c1-13-32-22-25(4)35(56)18-16-15-17-33(23-63-49-28(7)40(57)45(30(9)64-49)67-48(62)37-34(14-2)38(52)27(6)39(53)41(37)58)47(61)66-36(29(8)54)20-19-24(3)21-26(5)44(32)68-50-43(60)42(59)46(65-31(10)55)51(11,12)69-50/h15-17,19,21-22,28-30,32,35-36,40,42-46,49-50,54,56-60H,13-14,18,20,23H2,1-12H3/b16-15+,24-19+,25-22+,26-21+,33-17+. The van der Waals surface area contributed by atoms with E-state index in [1.807, 2.05) is 32.9 Å². The molecule has 3 heterocycles. The summed E-state index contributed by atoms with van der Waals surface area (Å²) in [6.07, 6.45) is -2.71. The van der Waals surface area contributed by atoms with E-state index in [-0.39, 0.29) is 53.0 Å². The third-order valence-electron chi connectivity index (χ3n) is 12.9. The number of allylic oxidation sites excluding steroid dienone is 4. The number of rotatable bonds is 11. The fraction of sp³-hybridized carbons (Fsp3) is 0.627. The quantitative estimate of drug-likeness (QED) is 0.0758. The van der Waals surface area contributed by atoms with Crippen LogP contribution in [0.4, 0.5) is 0 Å². The SMILES string of the molecule is CCc1c(Cl)c(C)c(Cl)c(O)c1C(=O)OC1C(C)OC(OC/C2=C\C=C\CC(O)/C(C)=C/C(CC)C(OC3OC(C)(C)C(OC(C)=O)C(O)C3O)/C(C)=C/C(C)=C/CC(C(C)O)OC2=O)C(C)C1O. The van der Waals surface area contributed by atoms with Crippen molar-refractivity contribution in [3.8, 4) is 5.75 Å². The Balaban J connectivity index is 1.59. The summed E-state index contributed by atoms with van der Waals surface area (Å²) < 4.78 is 41.8. The lowest BCUT2D eigenvalue weighted by Gasteiger charge is -2.47. The molecule has 0 spiro atoms. The summed E-state index contributed by atoms with van der Waals surface area (Å²) in [7, 11) is 0. The normalized spacial score (nSPS) is 35.8. The Morgan fingerprint density at radius 1 is 0.942 bits per heavy atom. The largest absolute Gasteiger partial charge is 0.505 e. The highest BCUT2D eigenvalue weighted by Gasteiger charge is 2.52. The van der Waals surface area contributed by atoms with Gasteiger partial charge in [0.2, 0.25) is 0 Å². The highest BCUT2D eigenvalue weighted by atomic mass is 35.5. The Kier molecular flexibility index (Phi) is 21.1. The summed E-state index contributed by atoms with van der Waals surface area (Å²) in [5.74, 6) is -4.06. The van der Waals surface area contributed by atoms with Gasteiger partial charge >= 0.3 is 17.9 Å². The van der Waals surface area contributed by atoms with Crippen molar-refractivity contribution in [1.82, 2.24) is 0 Å². The van der Waals surface area contributed by atoms with E-state index >= 15 is 0 Å². The zero-order valence-corrected chi connectivity index (χ0v) is 43.1. The minimum atomic E-state index is -1.59. The fourth-order valence-electron chi connectivity index (χ4n) is 8.63. The number of carbonyl (C=O) groups excluding carboxylic acids is 3. The molecule has 69 heavy (non-hydrogen) atoms. The van der Waals surface area contributed by atoms with Crippen molar-refractivity contribution in [3.05, 3.63) is 85.5 Å². The number of phenolic OH excluding ortho intramolecular Hbond substituents is 1. The lowest BCUT2D eigenvalue weighted by atomic mass is 9.88.